The molecule has 5 nitrogen and oxygen atoms in total. The SMILES string of the molecule is CC(c1ccc2c(c1)OCCCO2)N(C(=O)CC1CCCO1)C1CC1. The summed E-state index contributed by atoms with van der Waals surface area (Å²) in [6.45, 7) is 4.27. The van der Waals surface area contributed by atoms with Crippen molar-refractivity contribution < 1.29 is 19.0 Å². The van der Waals surface area contributed by atoms with Crippen LogP contribution in [0.15, 0.2) is 18.2 Å². The number of amides is 1. The van der Waals surface area contributed by atoms with Crippen molar-refractivity contribution in [3.63, 3.8) is 0 Å². The molecule has 0 N–H and O–H groups in total. The van der Waals surface area contributed by atoms with E-state index in [1.165, 1.54) is 0 Å². The Labute approximate surface area is 149 Å². The highest BCUT2D eigenvalue weighted by atomic mass is 16.5. The molecule has 3 aliphatic rings. The van der Waals surface area contributed by atoms with Crippen molar-refractivity contribution in [2.75, 3.05) is 19.8 Å². The molecule has 0 radical (unpaired) electrons. The first-order valence-corrected chi connectivity index (χ1v) is 9.54. The Kier molecular flexibility index (Phi) is 4.84. The number of ether oxygens (including phenoxy) is 3. The fraction of sp³-hybridized carbons (Fsp3) is 0.650. The second kappa shape index (κ2) is 7.24. The molecular weight excluding hydrogens is 318 g/mol. The molecule has 2 heterocycles. The first-order valence-electron chi connectivity index (χ1n) is 9.54. The van der Waals surface area contributed by atoms with Crippen molar-refractivity contribution in [2.45, 2.75) is 63.6 Å². The van der Waals surface area contributed by atoms with Crippen LogP contribution in [0, 0.1) is 0 Å². The van der Waals surface area contributed by atoms with E-state index in [-0.39, 0.29) is 18.1 Å². The molecule has 0 bridgehead atoms. The van der Waals surface area contributed by atoms with Crippen LogP contribution in [-0.2, 0) is 9.53 Å². The van der Waals surface area contributed by atoms with E-state index in [1.807, 2.05) is 12.1 Å². The first-order chi connectivity index (χ1) is 12.2. The lowest BCUT2D eigenvalue weighted by molar-refractivity contribution is -0.136. The van der Waals surface area contributed by atoms with Gasteiger partial charge in [-0.3, -0.25) is 4.79 Å². The maximum atomic E-state index is 12.9. The number of rotatable bonds is 5. The van der Waals surface area contributed by atoms with Gasteiger partial charge in [0.05, 0.1) is 31.8 Å². The predicted molar refractivity (Wildman–Crippen MR) is 93.9 cm³/mol. The third-order valence-electron chi connectivity index (χ3n) is 5.33. The molecule has 2 unspecified atom stereocenters. The Balaban J connectivity index is 1.51. The van der Waals surface area contributed by atoms with Crippen LogP contribution in [0.1, 0.15) is 57.1 Å². The van der Waals surface area contributed by atoms with Gasteiger partial charge in [0.1, 0.15) is 0 Å². The Morgan fingerprint density at radius 3 is 2.64 bits per heavy atom. The highest BCUT2D eigenvalue weighted by Crippen LogP contribution is 2.38. The van der Waals surface area contributed by atoms with Gasteiger partial charge >= 0.3 is 0 Å². The standard InChI is InChI=1S/C20H27NO4/c1-14(15-5-8-18-19(12-15)25-11-3-10-24-18)21(16-6-7-16)20(22)13-17-4-2-9-23-17/h5,8,12,14,16-17H,2-4,6-7,9-11,13H2,1H3. The lowest BCUT2D eigenvalue weighted by Gasteiger charge is -2.31. The summed E-state index contributed by atoms with van der Waals surface area (Å²) in [5.74, 6) is 1.82. The van der Waals surface area contributed by atoms with Crippen LogP contribution < -0.4 is 9.47 Å². The van der Waals surface area contributed by atoms with Crippen molar-refractivity contribution >= 4 is 5.91 Å². The molecule has 0 aromatic heterocycles. The van der Waals surface area contributed by atoms with E-state index in [2.05, 4.69) is 17.9 Å². The van der Waals surface area contributed by atoms with Crippen LogP contribution in [0.25, 0.3) is 0 Å². The Morgan fingerprint density at radius 1 is 1.12 bits per heavy atom. The van der Waals surface area contributed by atoms with Gasteiger partial charge in [0.15, 0.2) is 11.5 Å². The maximum absolute atomic E-state index is 12.9. The Hall–Kier alpha value is -1.75. The predicted octanol–water partition coefficient (Wildman–Crippen LogP) is 3.47. The number of carbonyl (C=O) groups excluding carboxylic acids is 1. The van der Waals surface area contributed by atoms with Crippen LogP contribution in [0.2, 0.25) is 0 Å². The second-order valence-electron chi connectivity index (χ2n) is 7.30. The minimum absolute atomic E-state index is 0.0403. The lowest BCUT2D eigenvalue weighted by atomic mass is 10.0. The van der Waals surface area contributed by atoms with E-state index in [0.717, 1.165) is 55.8 Å². The second-order valence-corrected chi connectivity index (χ2v) is 7.30. The van der Waals surface area contributed by atoms with Gasteiger partial charge in [-0.2, -0.15) is 0 Å². The average molecular weight is 345 g/mol. The number of nitrogens with zero attached hydrogens (tertiary/aromatic N) is 1. The minimum Gasteiger partial charge on any atom is -0.490 e. The Bertz CT molecular complexity index is 622. The topological polar surface area (TPSA) is 48.0 Å². The molecule has 1 aromatic carbocycles. The maximum Gasteiger partial charge on any atom is 0.225 e. The fourth-order valence-corrected chi connectivity index (χ4v) is 3.79. The number of hydrogen-bond acceptors (Lipinski definition) is 4. The van der Waals surface area contributed by atoms with Crippen molar-refractivity contribution in [3.8, 4) is 11.5 Å². The molecule has 2 aliphatic heterocycles. The highest BCUT2D eigenvalue weighted by molar-refractivity contribution is 5.78. The summed E-state index contributed by atoms with van der Waals surface area (Å²) >= 11 is 0. The molecule has 1 aromatic rings. The molecule has 2 atom stereocenters. The fourth-order valence-electron chi connectivity index (χ4n) is 3.79. The molecule has 25 heavy (non-hydrogen) atoms. The van der Waals surface area contributed by atoms with Gasteiger partial charge < -0.3 is 19.1 Å². The van der Waals surface area contributed by atoms with Crippen molar-refractivity contribution in [1.82, 2.24) is 4.90 Å². The number of fused-ring (bicyclic) bond motifs is 1. The van der Waals surface area contributed by atoms with Crippen molar-refractivity contribution in [2.24, 2.45) is 0 Å². The van der Waals surface area contributed by atoms with Crippen molar-refractivity contribution in [3.05, 3.63) is 23.8 Å². The molecule has 1 aliphatic carbocycles. The van der Waals surface area contributed by atoms with Gasteiger partial charge in [-0.15, -0.1) is 0 Å². The third kappa shape index (κ3) is 3.76. The van der Waals surface area contributed by atoms with E-state index in [1.54, 1.807) is 0 Å². The molecular formula is C20H27NO4. The minimum atomic E-state index is 0.0403. The molecule has 1 saturated carbocycles. The van der Waals surface area contributed by atoms with Crippen LogP contribution in [0.4, 0.5) is 0 Å². The molecule has 1 saturated heterocycles. The van der Waals surface area contributed by atoms with Crippen molar-refractivity contribution in [1.29, 1.82) is 0 Å². The summed E-state index contributed by atoms with van der Waals surface area (Å²) in [4.78, 5) is 15.0. The van der Waals surface area contributed by atoms with Gasteiger partial charge in [0, 0.05) is 19.1 Å². The largest absolute Gasteiger partial charge is 0.490 e. The quantitative estimate of drug-likeness (QED) is 0.820. The van der Waals surface area contributed by atoms with Crippen LogP contribution in [0.5, 0.6) is 11.5 Å². The zero-order valence-electron chi connectivity index (χ0n) is 14.9. The number of hydrogen-bond donors (Lipinski definition) is 0. The summed E-state index contributed by atoms with van der Waals surface area (Å²) < 4.78 is 17.2. The highest BCUT2D eigenvalue weighted by Gasteiger charge is 2.37. The smallest absolute Gasteiger partial charge is 0.225 e. The zero-order valence-corrected chi connectivity index (χ0v) is 14.9. The van der Waals surface area contributed by atoms with E-state index < -0.39 is 0 Å². The summed E-state index contributed by atoms with van der Waals surface area (Å²) in [6.07, 6.45) is 5.78. The molecule has 2 fully saturated rings. The van der Waals surface area contributed by atoms with Gasteiger partial charge in [-0.05, 0) is 50.3 Å². The van der Waals surface area contributed by atoms with E-state index in [9.17, 15) is 4.79 Å². The Morgan fingerprint density at radius 2 is 1.92 bits per heavy atom. The summed E-state index contributed by atoms with van der Waals surface area (Å²) in [5, 5.41) is 0. The monoisotopic (exact) mass is 345 g/mol. The average Bonchev–Trinajstić information content (AvgIpc) is 3.36. The zero-order chi connectivity index (χ0) is 17.2. The first kappa shape index (κ1) is 16.7. The van der Waals surface area contributed by atoms with Crippen LogP contribution in [0.3, 0.4) is 0 Å². The summed E-state index contributed by atoms with van der Waals surface area (Å²) in [5.41, 5.74) is 1.11. The van der Waals surface area contributed by atoms with Crippen LogP contribution >= 0.6 is 0 Å². The number of benzene rings is 1. The third-order valence-corrected chi connectivity index (χ3v) is 5.33. The van der Waals surface area contributed by atoms with Gasteiger partial charge in [0.2, 0.25) is 5.91 Å². The van der Waals surface area contributed by atoms with E-state index in [4.69, 9.17) is 14.2 Å². The molecule has 4 rings (SSSR count). The molecule has 136 valence electrons. The van der Waals surface area contributed by atoms with Crippen LogP contribution in [-0.4, -0.2) is 42.8 Å². The van der Waals surface area contributed by atoms with Gasteiger partial charge in [-0.1, -0.05) is 6.07 Å². The van der Waals surface area contributed by atoms with E-state index in [0.29, 0.717) is 25.7 Å². The van der Waals surface area contributed by atoms with E-state index >= 15 is 0 Å². The summed E-state index contributed by atoms with van der Waals surface area (Å²) in [7, 11) is 0. The van der Waals surface area contributed by atoms with Gasteiger partial charge in [-0.25, -0.2) is 0 Å². The lowest BCUT2D eigenvalue weighted by Crippen LogP contribution is -2.37. The molecule has 1 amide bonds. The summed E-state index contributed by atoms with van der Waals surface area (Å²) in [6, 6.07) is 6.49. The normalized spacial score (nSPS) is 23.8. The van der Waals surface area contributed by atoms with Gasteiger partial charge in [0.25, 0.3) is 0 Å². The molecule has 0 spiro atoms. The molecule has 5 heteroatoms. The number of carbonyl (C=O) groups is 1.